The van der Waals surface area contributed by atoms with Gasteiger partial charge in [-0.05, 0) is 56.4 Å². The van der Waals surface area contributed by atoms with E-state index in [1.807, 2.05) is 19.9 Å². The summed E-state index contributed by atoms with van der Waals surface area (Å²) < 4.78 is 35.7. The fraction of sp³-hybridized carbons (Fsp3) is 0.700. The van der Waals surface area contributed by atoms with Crippen LogP contribution in [0.5, 0.6) is 5.75 Å². The van der Waals surface area contributed by atoms with Crippen LogP contribution in [0.15, 0.2) is 18.2 Å². The second-order valence-electron chi connectivity index (χ2n) is 7.65. The van der Waals surface area contributed by atoms with Crippen molar-refractivity contribution in [1.29, 1.82) is 0 Å². The van der Waals surface area contributed by atoms with Crippen LogP contribution >= 0.6 is 0 Å². The highest BCUT2D eigenvalue weighted by Gasteiger charge is 2.56. The molecule has 0 bridgehead atoms. The Hall–Kier alpha value is -1.18. The molecule has 0 unspecified atom stereocenters. The van der Waals surface area contributed by atoms with E-state index in [-0.39, 0.29) is 24.4 Å². The first-order valence-electron chi connectivity index (χ1n) is 9.32. The highest BCUT2D eigenvalue weighted by Crippen LogP contribution is 2.40. The van der Waals surface area contributed by atoms with E-state index >= 15 is 0 Å². The summed E-state index contributed by atoms with van der Waals surface area (Å²) in [5.41, 5.74) is 2.46. The Morgan fingerprint density at radius 1 is 1.04 bits per heavy atom. The van der Waals surface area contributed by atoms with Crippen molar-refractivity contribution < 1.29 is 28.4 Å². The van der Waals surface area contributed by atoms with E-state index in [0.29, 0.717) is 6.61 Å². The summed E-state index contributed by atoms with van der Waals surface area (Å²) in [7, 11) is 3.33. The molecule has 2 fully saturated rings. The second-order valence-corrected chi connectivity index (χ2v) is 7.65. The Morgan fingerprint density at radius 2 is 1.85 bits per heavy atom. The van der Waals surface area contributed by atoms with Crippen LogP contribution in [0.1, 0.15) is 37.8 Å². The maximum Gasteiger partial charge on any atom is 0.186 e. The van der Waals surface area contributed by atoms with Crippen LogP contribution < -0.4 is 4.74 Å². The fourth-order valence-corrected chi connectivity index (χ4v) is 4.23. The minimum Gasteiger partial charge on any atom is -0.497 e. The number of hydrogen-bond donors (Lipinski definition) is 0. The van der Waals surface area contributed by atoms with Crippen molar-refractivity contribution in [1.82, 2.24) is 0 Å². The van der Waals surface area contributed by atoms with Crippen LogP contribution in [0.25, 0.3) is 0 Å². The Labute approximate surface area is 154 Å². The Balaban J connectivity index is 1.60. The molecule has 144 valence electrons. The van der Waals surface area contributed by atoms with Crippen molar-refractivity contribution in [3.8, 4) is 5.75 Å². The second kappa shape index (κ2) is 7.09. The molecule has 6 heteroatoms. The Morgan fingerprint density at radius 3 is 2.62 bits per heavy atom. The molecule has 3 heterocycles. The zero-order chi connectivity index (χ0) is 18.3. The quantitative estimate of drug-likeness (QED) is 0.804. The number of aryl methyl sites for hydroxylation is 1. The number of methoxy groups -OCH3 is 2. The van der Waals surface area contributed by atoms with Crippen molar-refractivity contribution in [3.63, 3.8) is 0 Å². The number of fused-ring (bicyclic) bond motifs is 4. The highest BCUT2D eigenvalue weighted by atomic mass is 16.8. The van der Waals surface area contributed by atoms with Crippen molar-refractivity contribution in [3.05, 3.63) is 29.3 Å². The number of benzene rings is 1. The maximum absolute atomic E-state index is 6.35. The molecule has 3 aliphatic heterocycles. The average molecular weight is 364 g/mol. The fourth-order valence-electron chi connectivity index (χ4n) is 4.23. The molecule has 0 spiro atoms. The third kappa shape index (κ3) is 3.37. The third-order valence-electron chi connectivity index (χ3n) is 5.44. The largest absolute Gasteiger partial charge is 0.497 e. The predicted molar refractivity (Wildman–Crippen MR) is 94.0 cm³/mol. The molecule has 2 saturated heterocycles. The van der Waals surface area contributed by atoms with E-state index in [2.05, 4.69) is 12.1 Å². The molecule has 0 amide bonds. The Bertz CT molecular complexity index is 645. The summed E-state index contributed by atoms with van der Waals surface area (Å²) in [4.78, 5) is 0. The lowest BCUT2D eigenvalue weighted by Crippen LogP contribution is -2.57. The zero-order valence-electron chi connectivity index (χ0n) is 15.9. The normalized spacial score (nSPS) is 36.1. The van der Waals surface area contributed by atoms with E-state index in [1.165, 1.54) is 5.56 Å². The monoisotopic (exact) mass is 364 g/mol. The van der Waals surface area contributed by atoms with Crippen molar-refractivity contribution in [2.24, 2.45) is 0 Å². The van der Waals surface area contributed by atoms with E-state index in [4.69, 9.17) is 28.4 Å². The van der Waals surface area contributed by atoms with Crippen LogP contribution in [0.4, 0.5) is 0 Å². The first-order chi connectivity index (χ1) is 12.5. The van der Waals surface area contributed by atoms with Gasteiger partial charge in [0.15, 0.2) is 12.1 Å². The molecule has 26 heavy (non-hydrogen) atoms. The van der Waals surface area contributed by atoms with E-state index in [1.54, 1.807) is 14.2 Å². The van der Waals surface area contributed by atoms with E-state index in [0.717, 1.165) is 30.6 Å². The lowest BCUT2D eigenvalue weighted by Gasteiger charge is -2.41. The van der Waals surface area contributed by atoms with E-state index < -0.39 is 12.1 Å². The molecule has 3 aliphatic rings. The highest BCUT2D eigenvalue weighted by molar-refractivity contribution is 5.35. The van der Waals surface area contributed by atoms with Gasteiger partial charge in [-0.25, -0.2) is 0 Å². The first-order valence-corrected chi connectivity index (χ1v) is 9.32. The van der Waals surface area contributed by atoms with E-state index in [9.17, 15) is 0 Å². The molecule has 5 atom stereocenters. The summed E-state index contributed by atoms with van der Waals surface area (Å²) in [5.74, 6) is 0.176. The lowest BCUT2D eigenvalue weighted by atomic mass is 9.94. The zero-order valence-corrected chi connectivity index (χ0v) is 15.9. The summed E-state index contributed by atoms with van der Waals surface area (Å²) in [6, 6.07) is 6.20. The van der Waals surface area contributed by atoms with Gasteiger partial charge in [-0.2, -0.15) is 0 Å². The maximum atomic E-state index is 6.35. The molecule has 6 nitrogen and oxygen atoms in total. The van der Waals surface area contributed by atoms with Crippen molar-refractivity contribution in [2.75, 3.05) is 14.2 Å². The molecule has 0 radical (unpaired) electrons. The molecule has 1 aromatic rings. The molecule has 0 aliphatic carbocycles. The third-order valence-corrected chi connectivity index (χ3v) is 5.44. The van der Waals surface area contributed by atoms with Crippen LogP contribution in [0.3, 0.4) is 0 Å². The van der Waals surface area contributed by atoms with Gasteiger partial charge in [0.05, 0.1) is 19.8 Å². The molecule has 0 saturated carbocycles. The van der Waals surface area contributed by atoms with Crippen LogP contribution in [0.2, 0.25) is 0 Å². The lowest BCUT2D eigenvalue weighted by molar-refractivity contribution is -0.276. The van der Waals surface area contributed by atoms with Gasteiger partial charge in [-0.15, -0.1) is 0 Å². The minimum absolute atomic E-state index is 0.0742. The van der Waals surface area contributed by atoms with Crippen LogP contribution in [-0.4, -0.2) is 50.7 Å². The number of ether oxygens (including phenoxy) is 6. The molecular weight excluding hydrogens is 336 g/mol. The molecule has 1 aromatic carbocycles. The standard InChI is InChI=1S/C20H28O6/c1-20(2)25-17-16-15(24-19(22-4)18(17)26-20)7-5-6-12-8-9-14(21-3)10-13(12)11-23-16/h8-10,15-19H,5-7,11H2,1-4H3/t15-,16-,17+,18+,19+/m1/s1. The molecule has 0 aromatic heterocycles. The summed E-state index contributed by atoms with van der Waals surface area (Å²) in [5, 5.41) is 0. The van der Waals surface area contributed by atoms with Crippen LogP contribution in [0, 0.1) is 0 Å². The van der Waals surface area contributed by atoms with Crippen LogP contribution in [-0.2, 0) is 36.7 Å². The molecule has 4 rings (SSSR count). The smallest absolute Gasteiger partial charge is 0.186 e. The van der Waals surface area contributed by atoms with Gasteiger partial charge in [-0.1, -0.05) is 6.07 Å². The van der Waals surface area contributed by atoms with Gasteiger partial charge in [-0.3, -0.25) is 0 Å². The molecular formula is C20H28O6. The average Bonchev–Trinajstić information content (AvgIpc) is 2.98. The number of hydrogen-bond acceptors (Lipinski definition) is 6. The number of rotatable bonds is 2. The first kappa shape index (κ1) is 18.2. The molecule has 0 N–H and O–H groups in total. The van der Waals surface area contributed by atoms with Gasteiger partial charge in [0.25, 0.3) is 0 Å². The summed E-state index contributed by atoms with van der Waals surface area (Å²) >= 11 is 0. The van der Waals surface area contributed by atoms with Gasteiger partial charge < -0.3 is 28.4 Å². The van der Waals surface area contributed by atoms with Crippen molar-refractivity contribution >= 4 is 0 Å². The van der Waals surface area contributed by atoms with Gasteiger partial charge in [0.1, 0.15) is 24.1 Å². The van der Waals surface area contributed by atoms with Gasteiger partial charge >= 0.3 is 0 Å². The topological polar surface area (TPSA) is 55.4 Å². The Kier molecular flexibility index (Phi) is 4.96. The predicted octanol–water partition coefficient (Wildman–Crippen LogP) is 2.81. The summed E-state index contributed by atoms with van der Waals surface area (Å²) in [6.07, 6.45) is 1.70. The SMILES string of the molecule is COc1ccc2c(c1)CO[C@H]1[C@@H]3OC(C)(C)O[C@@H]3[C@@H](OC)O[C@@H]1CCC2. The van der Waals surface area contributed by atoms with Crippen molar-refractivity contribution in [2.45, 2.75) is 76.2 Å². The van der Waals surface area contributed by atoms with Gasteiger partial charge in [0, 0.05) is 7.11 Å². The summed E-state index contributed by atoms with van der Waals surface area (Å²) in [6.45, 7) is 4.34. The minimum atomic E-state index is -0.673. The van der Waals surface area contributed by atoms with Gasteiger partial charge in [0.2, 0.25) is 0 Å².